The number of unbranched alkanes of at least 4 members (excludes halogenated alkanes) is 12. The number of fused-ring (bicyclic) bond motifs is 1. The van der Waals surface area contributed by atoms with Crippen LogP contribution >= 0.6 is 0 Å². The highest BCUT2D eigenvalue weighted by atomic mass is 16.5. The fourth-order valence-electron chi connectivity index (χ4n) is 13.8. The third kappa shape index (κ3) is 18.6. The maximum Gasteiger partial charge on any atom is 0.422 e. The van der Waals surface area contributed by atoms with Crippen LogP contribution in [0.5, 0.6) is 0 Å². The van der Waals surface area contributed by atoms with Gasteiger partial charge in [0.05, 0.1) is 36.8 Å². The first-order valence-electron chi connectivity index (χ1n) is 33.9. The summed E-state index contributed by atoms with van der Waals surface area (Å²) < 4.78 is 17.7. The number of rotatable bonds is 42. The smallest absolute Gasteiger partial charge is 0.379 e. The molecule has 0 unspecified atom stereocenters. The number of likely N-dealkylation sites (tertiary alicyclic amines) is 1. The second-order valence-corrected chi connectivity index (χ2v) is 25.5. The first-order valence-corrected chi connectivity index (χ1v) is 33.9. The summed E-state index contributed by atoms with van der Waals surface area (Å²) in [5, 5.41) is 7.14. The Kier molecular flexibility index (Phi) is 27.2. The van der Waals surface area contributed by atoms with E-state index in [1.165, 1.54) is 35.0 Å². The number of nitrogens with zero attached hydrogens (tertiary/aromatic N) is 6. The molecule has 1 aliphatic heterocycles. The number of carbonyl (C=O) groups excluding carboxylic acids is 6. The number of aromatic nitrogens is 1. The van der Waals surface area contributed by atoms with Crippen molar-refractivity contribution >= 4 is 51.7 Å². The lowest BCUT2D eigenvalue weighted by Gasteiger charge is -2.51. The quantitative estimate of drug-likeness (QED) is 0.0122. The minimum absolute atomic E-state index is 0.0102. The van der Waals surface area contributed by atoms with Crippen LogP contribution in [0.25, 0.3) is 21.3 Å². The number of hydrogen-bond donors (Lipinski definition) is 4. The van der Waals surface area contributed by atoms with E-state index in [2.05, 4.69) is 63.9 Å². The zero-order valence-electron chi connectivity index (χ0n) is 54.6. The van der Waals surface area contributed by atoms with E-state index in [0.717, 1.165) is 145 Å². The second-order valence-electron chi connectivity index (χ2n) is 25.5. The number of ether oxygens (including phenoxy) is 2. The Labute approximate surface area is 545 Å². The van der Waals surface area contributed by atoms with Crippen molar-refractivity contribution < 1.29 is 42.7 Å². The third-order valence-corrected chi connectivity index (χ3v) is 18.8. The minimum atomic E-state index is -0.953. The van der Waals surface area contributed by atoms with Crippen LogP contribution in [0.15, 0.2) is 91.9 Å². The summed E-state index contributed by atoms with van der Waals surface area (Å²) in [5.74, 6) is -1.59. The highest BCUT2D eigenvalue weighted by Crippen LogP contribution is 2.61. The zero-order chi connectivity index (χ0) is 66.3. The number of azide groups is 1. The number of hydrogen-bond acceptors (Lipinski definition) is 15. The number of nitrogens with two attached hydrogens (primary N) is 3. The number of aryl methyl sites for hydroxylation is 1. The molecule has 2 atom stereocenters. The summed E-state index contributed by atoms with van der Waals surface area (Å²) in [6, 6.07) is 21.7. The molecule has 4 aliphatic rings. The number of nitrogens with one attached hydrogen (secondary N) is 1. The van der Waals surface area contributed by atoms with Gasteiger partial charge in [-0.1, -0.05) is 105 Å². The van der Waals surface area contributed by atoms with Crippen LogP contribution in [-0.4, -0.2) is 128 Å². The molecule has 1 saturated heterocycles. The third-order valence-electron chi connectivity index (χ3n) is 18.8. The molecule has 3 aliphatic carbocycles. The summed E-state index contributed by atoms with van der Waals surface area (Å²) in [5.41, 5.74) is 34.0. The summed E-state index contributed by atoms with van der Waals surface area (Å²) >= 11 is 0. The van der Waals surface area contributed by atoms with Crippen molar-refractivity contribution in [2.75, 3.05) is 71.5 Å². The van der Waals surface area contributed by atoms with Crippen molar-refractivity contribution in [1.29, 1.82) is 0 Å². The van der Waals surface area contributed by atoms with Gasteiger partial charge in [-0.3, -0.25) is 33.3 Å². The highest BCUT2D eigenvalue weighted by Gasteiger charge is 2.52. The van der Waals surface area contributed by atoms with Gasteiger partial charge in [0.1, 0.15) is 23.4 Å². The number of Topliss-reactive ketones (excluding diaryl/α,β-unsaturated/α-hetero) is 3. The van der Waals surface area contributed by atoms with Crippen molar-refractivity contribution in [3.8, 4) is 0 Å². The second kappa shape index (κ2) is 35.6. The van der Waals surface area contributed by atoms with Gasteiger partial charge >= 0.3 is 11.4 Å². The maximum absolute atomic E-state index is 14.4. The molecule has 500 valence electrons. The van der Waals surface area contributed by atoms with E-state index in [1.54, 1.807) is 7.05 Å². The Morgan fingerprint density at radius 1 is 0.645 bits per heavy atom. The molecule has 5 aromatic rings. The van der Waals surface area contributed by atoms with Gasteiger partial charge in [-0.15, -0.1) is 0 Å². The Morgan fingerprint density at radius 2 is 1.18 bits per heavy atom. The topological polar surface area (TPSA) is 318 Å². The van der Waals surface area contributed by atoms with Crippen LogP contribution in [0.1, 0.15) is 208 Å². The van der Waals surface area contributed by atoms with Crippen molar-refractivity contribution in [2.24, 2.45) is 29.4 Å². The number of benzene rings is 4. The van der Waals surface area contributed by atoms with E-state index in [-0.39, 0.29) is 117 Å². The predicted molar refractivity (Wildman–Crippen MR) is 359 cm³/mol. The lowest BCUT2D eigenvalue weighted by atomic mass is 9.51. The molecule has 21 nitrogen and oxygen atoms in total. The lowest BCUT2D eigenvalue weighted by molar-refractivity contribution is -0.134. The predicted octanol–water partition coefficient (Wildman–Crippen LogP) is 9.91. The van der Waals surface area contributed by atoms with Crippen LogP contribution in [0, 0.1) is 0 Å². The Balaban J connectivity index is 0.927. The van der Waals surface area contributed by atoms with Gasteiger partial charge in [0.15, 0.2) is 0 Å². The van der Waals surface area contributed by atoms with Gasteiger partial charge < -0.3 is 46.2 Å². The first kappa shape index (κ1) is 71.2. The van der Waals surface area contributed by atoms with E-state index < -0.39 is 34.8 Å². The largest absolute Gasteiger partial charge is 0.422 e. The Bertz CT molecular complexity index is 3400. The van der Waals surface area contributed by atoms with Gasteiger partial charge in [-0.2, -0.15) is 0 Å². The van der Waals surface area contributed by atoms with E-state index >= 15 is 0 Å². The molecule has 1 fully saturated rings. The molecule has 7 N–H and O–H groups in total. The highest BCUT2D eigenvalue weighted by molar-refractivity contribution is 6.00. The Hall–Kier alpha value is -7.65. The van der Waals surface area contributed by atoms with Crippen LogP contribution < -0.4 is 33.9 Å². The number of likely N-dealkylation sites (N-methyl/N-ethyl adjacent to an activating group) is 1. The SMILES string of the molecule is CN(CCOCCOCCCC(=O)CCC12c3cc(CC(=O)CCCCCCCN)ccc3C(c3ccc(CC(=O)CCCCCCCN)cc31)c1ccc(NC(=O)CCCCCCCN)cc12)C(=O)[C@@H]1C[C@H](N=[N+]=[N-])CN1C(=O)c1ccc2c(=O)oc(=O)n(C)c2c1. The van der Waals surface area contributed by atoms with Gasteiger partial charge in [0.2, 0.25) is 11.8 Å². The average Bonchev–Trinajstić information content (AvgIpc) is 0.927. The van der Waals surface area contributed by atoms with Crippen molar-refractivity contribution in [1.82, 2.24) is 14.4 Å². The maximum atomic E-state index is 14.4. The molecule has 9 rings (SSSR count). The molecule has 0 saturated carbocycles. The summed E-state index contributed by atoms with van der Waals surface area (Å²) in [7, 11) is 3.01. The molecule has 4 aromatic carbocycles. The van der Waals surface area contributed by atoms with E-state index in [9.17, 15) is 43.9 Å². The zero-order valence-corrected chi connectivity index (χ0v) is 54.6. The van der Waals surface area contributed by atoms with Gasteiger partial charge in [0.25, 0.3) is 5.91 Å². The molecular formula is C72H96N10O11. The number of carbonyl (C=O) groups is 6. The molecule has 3 amide bonds. The average molecular weight is 1280 g/mol. The molecule has 1 aromatic heterocycles. The standard InChI is InChI=1S/C72H96N10O11/c1-80(69(88)65-47-53(78-79-76)48-82(65)68(87)51-25-29-60-64(45-51)81(2)71(90)93-70(60)89)36-38-92-40-39-91-37-18-21-54(83)31-32-72-61-43-49(41-55(84)19-12-6-3-9-15-33-73)23-27-57(61)67(58-28-24-50(44-62(58)72)42-56(85)20-13-7-4-10-16-34-74)59-30-26-52(46-63(59)72)77-66(86)22-14-8-5-11-17-35-75/h23-30,43-46,53,65,67H,3-22,31-42,47-48,73-75H2,1-2H3,(H,77,86)/t53-,65-,67?,72?/m0/s1. The van der Waals surface area contributed by atoms with Crippen LogP contribution in [-0.2, 0) is 58.8 Å². The fourth-order valence-corrected chi connectivity index (χ4v) is 13.8. The molecule has 2 bridgehead atoms. The molecular weight excluding hydrogens is 1180 g/mol. The van der Waals surface area contributed by atoms with Crippen LogP contribution in [0.4, 0.5) is 5.69 Å². The van der Waals surface area contributed by atoms with Crippen molar-refractivity contribution in [2.45, 2.75) is 184 Å². The summed E-state index contributed by atoms with van der Waals surface area (Å²) in [4.78, 5) is 114. The monoisotopic (exact) mass is 1280 g/mol. The Morgan fingerprint density at radius 3 is 1.77 bits per heavy atom. The molecule has 2 heterocycles. The van der Waals surface area contributed by atoms with Crippen molar-refractivity contribution in [3.05, 3.63) is 154 Å². The number of amides is 3. The summed E-state index contributed by atoms with van der Waals surface area (Å²) in [6.07, 6.45) is 18.0. The summed E-state index contributed by atoms with van der Waals surface area (Å²) in [6.45, 7) is 3.10. The van der Waals surface area contributed by atoms with Gasteiger partial charge in [-0.05, 0) is 158 Å². The number of anilines is 1. The van der Waals surface area contributed by atoms with E-state index in [0.29, 0.717) is 64.0 Å². The van der Waals surface area contributed by atoms with E-state index in [1.807, 2.05) is 6.07 Å². The van der Waals surface area contributed by atoms with E-state index in [4.69, 9.17) is 31.1 Å². The normalized spacial score (nSPS) is 16.8. The molecule has 21 heteroatoms. The first-order chi connectivity index (χ1) is 45.1. The van der Waals surface area contributed by atoms with Gasteiger partial charge in [-0.25, -0.2) is 9.59 Å². The van der Waals surface area contributed by atoms with Crippen molar-refractivity contribution in [3.63, 3.8) is 0 Å². The number of ketones is 3. The lowest BCUT2D eigenvalue weighted by Crippen LogP contribution is -2.47. The van der Waals surface area contributed by atoms with Crippen LogP contribution in [0.3, 0.4) is 0 Å². The molecule has 0 radical (unpaired) electrons. The molecule has 93 heavy (non-hydrogen) atoms. The van der Waals surface area contributed by atoms with Gasteiger partial charge in [0, 0.05) is 106 Å². The minimum Gasteiger partial charge on any atom is -0.379 e. The molecule has 0 spiro atoms. The fraction of sp³-hybridized carbons (Fsp3) is 0.556. The van der Waals surface area contributed by atoms with Crippen LogP contribution in [0.2, 0.25) is 0 Å².